The van der Waals surface area contributed by atoms with Gasteiger partial charge in [0.15, 0.2) is 0 Å². The van der Waals surface area contributed by atoms with Crippen LogP contribution in [0.1, 0.15) is 86.5 Å². The molecule has 0 aliphatic heterocycles. The first kappa shape index (κ1) is 22.7. The molecule has 5 aliphatic carbocycles. The van der Waals surface area contributed by atoms with Crippen LogP contribution in [0.3, 0.4) is 0 Å². The van der Waals surface area contributed by atoms with Crippen LogP contribution in [0.2, 0.25) is 0 Å². The van der Waals surface area contributed by atoms with E-state index in [0.29, 0.717) is 24.2 Å². The summed E-state index contributed by atoms with van der Waals surface area (Å²) in [6.45, 7) is 12.6. The fourth-order valence-electron chi connectivity index (χ4n) is 10.6. The first-order valence-corrected chi connectivity index (χ1v) is 13.0. The maximum Gasteiger partial charge on any atom is 0.313 e. The third-order valence-corrected chi connectivity index (χ3v) is 11.8. The quantitative estimate of drug-likeness (QED) is 0.602. The lowest BCUT2D eigenvalue weighted by Gasteiger charge is -2.59. The smallest absolute Gasteiger partial charge is 0.313 e. The van der Waals surface area contributed by atoms with Crippen molar-refractivity contribution in [3.8, 4) is 0 Å². The Morgan fingerprint density at radius 2 is 1.75 bits per heavy atom. The summed E-state index contributed by atoms with van der Waals surface area (Å²) < 4.78 is 6.14. The highest BCUT2D eigenvalue weighted by Gasteiger charge is 2.92. The van der Waals surface area contributed by atoms with E-state index in [2.05, 4.69) is 34.6 Å². The van der Waals surface area contributed by atoms with Crippen LogP contribution < -0.4 is 0 Å². The molecule has 0 radical (unpaired) electrons. The van der Waals surface area contributed by atoms with E-state index in [-0.39, 0.29) is 40.5 Å². The van der Waals surface area contributed by atoms with Crippen molar-refractivity contribution < 1.29 is 24.5 Å². The summed E-state index contributed by atoms with van der Waals surface area (Å²) in [5.41, 5.74) is -2.96. The molecular formula is C27H42O5. The van der Waals surface area contributed by atoms with Gasteiger partial charge in [-0.05, 0) is 85.9 Å². The molecule has 0 saturated heterocycles. The van der Waals surface area contributed by atoms with E-state index < -0.39 is 23.1 Å². The predicted molar refractivity (Wildman–Crippen MR) is 121 cm³/mol. The number of rotatable bonds is 3. The molecule has 0 unspecified atom stereocenters. The second-order valence-corrected chi connectivity index (χ2v) is 12.9. The fourth-order valence-corrected chi connectivity index (χ4v) is 10.6. The summed E-state index contributed by atoms with van der Waals surface area (Å²) in [4.78, 5) is 25.6. The van der Waals surface area contributed by atoms with E-state index in [0.717, 1.165) is 38.5 Å². The zero-order valence-electron chi connectivity index (χ0n) is 20.7. The Hall–Kier alpha value is -1.10. The Morgan fingerprint density at radius 3 is 2.34 bits per heavy atom. The number of hydrogen-bond acceptors (Lipinski definition) is 4. The van der Waals surface area contributed by atoms with Crippen molar-refractivity contribution in [2.45, 2.75) is 98.2 Å². The summed E-state index contributed by atoms with van der Waals surface area (Å²) in [5.74, 6) is 0.0662. The molecule has 5 aliphatic rings. The van der Waals surface area contributed by atoms with Crippen molar-refractivity contribution in [3.63, 3.8) is 0 Å². The number of fused-ring (bicyclic) bond motifs is 4. The van der Waals surface area contributed by atoms with Gasteiger partial charge in [-0.2, -0.15) is 0 Å². The van der Waals surface area contributed by atoms with Gasteiger partial charge in [-0.1, -0.05) is 34.6 Å². The molecule has 11 atom stereocenters. The lowest BCUT2D eigenvalue weighted by Crippen LogP contribution is -2.67. The molecule has 0 aromatic rings. The van der Waals surface area contributed by atoms with Crippen molar-refractivity contribution >= 4 is 11.9 Å². The molecule has 1 spiro atoms. The number of esters is 1. The van der Waals surface area contributed by atoms with Gasteiger partial charge in [-0.3, -0.25) is 9.59 Å². The van der Waals surface area contributed by atoms with Crippen LogP contribution >= 0.6 is 0 Å². The molecule has 2 N–H and O–H groups in total. The minimum atomic E-state index is -1.34. The van der Waals surface area contributed by atoms with Gasteiger partial charge in [0.25, 0.3) is 0 Å². The molecule has 0 aromatic carbocycles. The standard InChI is InChI=1S/C27H42O5/c1-14(2)18-10-11-24(6)19(18)13-26(31)21(22(24)32-17(5)28)15(3)9-12-25-16(4)7-8-20(25)27(25,26)23(29)30/h14-16,18-22,31H,7-13H2,1-6H3,(H,29,30)/t15-,16-,18+,19-,20+,21-,22-,24-,25-,26+,27+/m0/s1. The molecule has 180 valence electrons. The van der Waals surface area contributed by atoms with E-state index in [1.165, 1.54) is 6.92 Å². The molecule has 0 aromatic heterocycles. The van der Waals surface area contributed by atoms with Gasteiger partial charge in [0.1, 0.15) is 11.5 Å². The fraction of sp³-hybridized carbons (Fsp3) is 0.926. The number of hydrogen-bond donors (Lipinski definition) is 2. The second kappa shape index (κ2) is 6.73. The Kier molecular flexibility index (Phi) is 4.77. The van der Waals surface area contributed by atoms with Gasteiger partial charge in [0.05, 0.1) is 5.60 Å². The van der Waals surface area contributed by atoms with Crippen LogP contribution in [0.15, 0.2) is 0 Å². The molecular weight excluding hydrogens is 404 g/mol. The molecule has 5 saturated carbocycles. The van der Waals surface area contributed by atoms with Crippen LogP contribution in [-0.2, 0) is 14.3 Å². The van der Waals surface area contributed by atoms with Gasteiger partial charge in [-0.25, -0.2) is 0 Å². The second-order valence-electron chi connectivity index (χ2n) is 12.9. The molecule has 0 heterocycles. The van der Waals surface area contributed by atoms with E-state index in [1.807, 2.05) is 0 Å². The maximum atomic E-state index is 13.2. The van der Waals surface area contributed by atoms with E-state index in [9.17, 15) is 19.8 Å². The minimum Gasteiger partial charge on any atom is -0.481 e. The molecule has 5 rings (SSSR count). The van der Waals surface area contributed by atoms with Crippen LogP contribution in [0.25, 0.3) is 0 Å². The average molecular weight is 447 g/mol. The number of carbonyl (C=O) groups excluding carboxylic acids is 1. The lowest BCUT2D eigenvalue weighted by molar-refractivity contribution is -0.239. The zero-order chi connectivity index (χ0) is 23.4. The van der Waals surface area contributed by atoms with Crippen molar-refractivity contribution in [1.29, 1.82) is 0 Å². The predicted octanol–water partition coefficient (Wildman–Crippen LogP) is 4.90. The van der Waals surface area contributed by atoms with Crippen LogP contribution in [-0.4, -0.2) is 33.9 Å². The highest BCUT2D eigenvalue weighted by atomic mass is 16.5. The minimum absolute atomic E-state index is 0.0451. The molecule has 5 heteroatoms. The Bertz CT molecular complexity index is 838. The maximum absolute atomic E-state index is 13.2. The first-order chi connectivity index (χ1) is 14.9. The summed E-state index contributed by atoms with van der Waals surface area (Å²) in [7, 11) is 0. The van der Waals surface area contributed by atoms with Crippen molar-refractivity contribution in [3.05, 3.63) is 0 Å². The van der Waals surface area contributed by atoms with Gasteiger partial charge >= 0.3 is 11.9 Å². The Morgan fingerprint density at radius 1 is 1.06 bits per heavy atom. The topological polar surface area (TPSA) is 83.8 Å². The molecule has 32 heavy (non-hydrogen) atoms. The number of aliphatic hydroxyl groups is 1. The highest BCUT2D eigenvalue weighted by Crippen LogP contribution is 2.88. The van der Waals surface area contributed by atoms with Gasteiger partial charge in [-0.15, -0.1) is 0 Å². The first-order valence-electron chi connectivity index (χ1n) is 13.0. The normalized spacial score (nSPS) is 55.9. The van der Waals surface area contributed by atoms with Gasteiger partial charge < -0.3 is 14.9 Å². The number of carboxylic acid groups (broad SMARTS) is 1. The van der Waals surface area contributed by atoms with Crippen LogP contribution in [0, 0.1) is 57.7 Å². The summed E-state index contributed by atoms with van der Waals surface area (Å²) >= 11 is 0. The van der Waals surface area contributed by atoms with E-state index in [1.54, 1.807) is 0 Å². The lowest BCUT2D eigenvalue weighted by atomic mass is 9.49. The Labute approximate surface area is 192 Å². The summed E-state index contributed by atoms with van der Waals surface area (Å²) in [6.07, 6.45) is 5.85. The van der Waals surface area contributed by atoms with Crippen LogP contribution in [0.5, 0.6) is 0 Å². The monoisotopic (exact) mass is 446 g/mol. The van der Waals surface area contributed by atoms with E-state index in [4.69, 9.17) is 4.74 Å². The summed E-state index contributed by atoms with van der Waals surface area (Å²) in [6, 6.07) is 0. The third-order valence-electron chi connectivity index (χ3n) is 11.8. The van der Waals surface area contributed by atoms with Gasteiger partial charge in [0, 0.05) is 18.3 Å². The van der Waals surface area contributed by atoms with E-state index >= 15 is 0 Å². The number of aliphatic carboxylic acids is 1. The summed E-state index contributed by atoms with van der Waals surface area (Å²) in [5, 5.41) is 23.7. The molecule has 0 amide bonds. The van der Waals surface area contributed by atoms with Crippen LogP contribution in [0.4, 0.5) is 0 Å². The Balaban J connectivity index is 1.72. The molecule has 0 bridgehead atoms. The largest absolute Gasteiger partial charge is 0.481 e. The highest BCUT2D eigenvalue weighted by molar-refractivity contribution is 5.84. The van der Waals surface area contributed by atoms with Crippen molar-refractivity contribution in [2.24, 2.45) is 57.7 Å². The van der Waals surface area contributed by atoms with Crippen molar-refractivity contribution in [1.82, 2.24) is 0 Å². The van der Waals surface area contributed by atoms with Crippen molar-refractivity contribution in [2.75, 3.05) is 0 Å². The van der Waals surface area contributed by atoms with Gasteiger partial charge in [0.2, 0.25) is 0 Å². The third kappa shape index (κ3) is 2.30. The SMILES string of the molecule is CC(=O)O[C@H]1[C@@H]2[C@@H](C)CC[C@@]34[C@@H](CC[C@@H]3C)[C@]4(C(=O)O)[C@@]2(O)C[C@H]2[C@@H](C(C)C)CC[C@@]21C. The average Bonchev–Trinajstić information content (AvgIpc) is 3.01. The molecule has 5 fully saturated rings. The molecule has 5 nitrogen and oxygen atoms in total. The number of carbonyl (C=O) groups is 2. The number of ether oxygens (including phenoxy) is 1. The zero-order valence-corrected chi connectivity index (χ0v) is 20.7. The number of carboxylic acids is 1.